The summed E-state index contributed by atoms with van der Waals surface area (Å²) in [4.78, 5) is 29.9. The Hall–Kier alpha value is -2.12. The van der Waals surface area contributed by atoms with Gasteiger partial charge in [-0.15, -0.1) is 0 Å². The lowest BCUT2D eigenvalue weighted by molar-refractivity contribution is -0.132. The van der Waals surface area contributed by atoms with E-state index in [0.29, 0.717) is 17.0 Å². The molecule has 29 heavy (non-hydrogen) atoms. The van der Waals surface area contributed by atoms with Crippen molar-refractivity contribution in [1.29, 1.82) is 0 Å². The largest absolute Gasteiger partial charge is 0.476 e. The van der Waals surface area contributed by atoms with Crippen molar-refractivity contribution in [3.63, 3.8) is 0 Å². The van der Waals surface area contributed by atoms with Crippen molar-refractivity contribution in [2.24, 2.45) is 0 Å². The lowest BCUT2D eigenvalue weighted by atomic mass is 9.97. The number of ether oxygens (including phenoxy) is 1. The van der Waals surface area contributed by atoms with Crippen LogP contribution in [0.2, 0.25) is 0 Å². The first-order valence-electron chi connectivity index (χ1n) is 10.5. The van der Waals surface area contributed by atoms with E-state index in [2.05, 4.69) is 5.32 Å². The van der Waals surface area contributed by atoms with Crippen LogP contribution in [-0.4, -0.2) is 65.7 Å². The third-order valence-electron chi connectivity index (χ3n) is 5.73. The summed E-state index contributed by atoms with van der Waals surface area (Å²) in [6.07, 6.45) is 2.03. The summed E-state index contributed by atoms with van der Waals surface area (Å²) in [6, 6.07) is 3.80. The first kappa shape index (κ1) is 21.6. The van der Waals surface area contributed by atoms with Crippen molar-refractivity contribution in [2.75, 3.05) is 31.1 Å². The number of benzene rings is 1. The van der Waals surface area contributed by atoms with E-state index in [1.54, 1.807) is 19.9 Å². The number of fused-ring (bicyclic) bond motifs is 1. The molecular formula is C22H33N3O4. The van der Waals surface area contributed by atoms with Gasteiger partial charge in [0.1, 0.15) is 5.75 Å². The molecule has 0 aliphatic carbocycles. The van der Waals surface area contributed by atoms with E-state index in [1.807, 2.05) is 31.7 Å². The highest BCUT2D eigenvalue weighted by Gasteiger charge is 2.41. The number of piperidine rings is 1. The number of nitrogens with zero attached hydrogens (tertiary/aromatic N) is 2. The number of hydrogen-bond acceptors (Lipinski definition) is 5. The molecule has 1 aromatic carbocycles. The average Bonchev–Trinajstić information content (AvgIpc) is 2.65. The molecule has 3 rings (SSSR count). The van der Waals surface area contributed by atoms with Gasteiger partial charge < -0.3 is 25.0 Å². The van der Waals surface area contributed by atoms with Crippen LogP contribution >= 0.6 is 0 Å². The Morgan fingerprint density at radius 1 is 1.41 bits per heavy atom. The summed E-state index contributed by atoms with van der Waals surface area (Å²) in [6.45, 7) is 11.2. The number of anilines is 1. The van der Waals surface area contributed by atoms with Gasteiger partial charge >= 0.3 is 0 Å². The molecule has 2 aliphatic rings. The molecule has 0 radical (unpaired) electrons. The van der Waals surface area contributed by atoms with Crippen LogP contribution < -0.4 is 15.0 Å². The van der Waals surface area contributed by atoms with Crippen molar-refractivity contribution in [3.8, 4) is 5.75 Å². The molecular weight excluding hydrogens is 370 g/mol. The second kappa shape index (κ2) is 8.32. The molecule has 0 bridgehead atoms. The highest BCUT2D eigenvalue weighted by Crippen LogP contribution is 2.40. The van der Waals surface area contributed by atoms with Gasteiger partial charge in [0, 0.05) is 30.7 Å². The van der Waals surface area contributed by atoms with Crippen LogP contribution in [0.3, 0.4) is 0 Å². The highest BCUT2D eigenvalue weighted by atomic mass is 16.5. The van der Waals surface area contributed by atoms with E-state index in [-0.39, 0.29) is 37.0 Å². The zero-order chi connectivity index (χ0) is 21.3. The van der Waals surface area contributed by atoms with Crippen LogP contribution in [-0.2, 0) is 4.79 Å². The van der Waals surface area contributed by atoms with Crippen LogP contribution in [0.25, 0.3) is 0 Å². The molecule has 0 aromatic heterocycles. The van der Waals surface area contributed by atoms with Crippen LogP contribution in [0, 0.1) is 6.92 Å². The Bertz CT molecular complexity index is 785. The zero-order valence-electron chi connectivity index (χ0n) is 18.1. The highest BCUT2D eigenvalue weighted by molar-refractivity contribution is 6.05. The average molecular weight is 404 g/mol. The minimum Gasteiger partial charge on any atom is -0.476 e. The van der Waals surface area contributed by atoms with Crippen LogP contribution in [0.15, 0.2) is 12.1 Å². The number of carbonyl (C=O) groups is 2. The summed E-state index contributed by atoms with van der Waals surface area (Å²) in [5, 5.41) is 12.9. The number of amides is 2. The summed E-state index contributed by atoms with van der Waals surface area (Å²) in [5.41, 5.74) is 0.917. The smallest absolute Gasteiger partial charge is 0.270 e. The fraction of sp³-hybridized carbons (Fsp3) is 0.636. The normalized spacial score (nSPS) is 21.0. The molecule has 1 fully saturated rings. The Labute approximate surface area is 173 Å². The van der Waals surface area contributed by atoms with E-state index in [1.165, 1.54) is 4.90 Å². The second-order valence-corrected chi connectivity index (χ2v) is 8.73. The molecule has 160 valence electrons. The minimum atomic E-state index is -1.02. The fourth-order valence-electron chi connectivity index (χ4n) is 4.30. The maximum absolute atomic E-state index is 13.6. The topological polar surface area (TPSA) is 82.1 Å². The molecule has 1 atom stereocenters. The molecule has 1 saturated heterocycles. The quantitative estimate of drug-likeness (QED) is 0.787. The summed E-state index contributed by atoms with van der Waals surface area (Å²) >= 11 is 0. The predicted molar refractivity (Wildman–Crippen MR) is 113 cm³/mol. The molecule has 2 aliphatic heterocycles. The second-order valence-electron chi connectivity index (χ2n) is 8.73. The molecule has 0 saturated carbocycles. The van der Waals surface area contributed by atoms with E-state index in [9.17, 15) is 14.7 Å². The molecule has 2 amide bonds. The molecule has 0 spiro atoms. The van der Waals surface area contributed by atoms with Crippen molar-refractivity contribution >= 4 is 17.5 Å². The summed E-state index contributed by atoms with van der Waals surface area (Å²) < 4.78 is 5.94. The predicted octanol–water partition coefficient (Wildman–Crippen LogP) is 2.09. The number of aliphatic hydroxyl groups is 1. The Morgan fingerprint density at radius 2 is 2.14 bits per heavy atom. The molecule has 2 N–H and O–H groups in total. The van der Waals surface area contributed by atoms with Gasteiger partial charge in [-0.3, -0.25) is 9.59 Å². The number of β-amino-alcohol motifs (C(OH)–C–C–N with tert-alkyl or cyclic N) is 1. The van der Waals surface area contributed by atoms with E-state index < -0.39 is 5.60 Å². The monoisotopic (exact) mass is 403 g/mol. The first-order valence-corrected chi connectivity index (χ1v) is 10.5. The molecule has 2 heterocycles. The number of aliphatic hydroxyl groups excluding tert-OH is 1. The van der Waals surface area contributed by atoms with Crippen molar-refractivity contribution in [1.82, 2.24) is 10.2 Å². The lowest BCUT2D eigenvalue weighted by Gasteiger charge is -2.40. The molecule has 7 nitrogen and oxygen atoms in total. The third kappa shape index (κ3) is 4.12. The minimum absolute atomic E-state index is 0.0322. The summed E-state index contributed by atoms with van der Waals surface area (Å²) in [7, 11) is 0. The van der Waals surface area contributed by atoms with Gasteiger partial charge in [-0.05, 0) is 71.7 Å². The van der Waals surface area contributed by atoms with Gasteiger partial charge in [0.2, 0.25) is 0 Å². The van der Waals surface area contributed by atoms with Crippen LogP contribution in [0.4, 0.5) is 5.69 Å². The van der Waals surface area contributed by atoms with Crippen molar-refractivity contribution in [3.05, 3.63) is 23.3 Å². The van der Waals surface area contributed by atoms with Crippen LogP contribution in [0.5, 0.6) is 5.75 Å². The number of nitrogens with one attached hydrogen (secondary N) is 1. The number of aryl methyl sites for hydroxylation is 1. The van der Waals surface area contributed by atoms with Gasteiger partial charge in [0.15, 0.2) is 5.60 Å². The zero-order valence-corrected chi connectivity index (χ0v) is 18.1. The first-order chi connectivity index (χ1) is 13.7. The molecule has 0 unspecified atom stereocenters. The number of rotatable bonds is 5. The van der Waals surface area contributed by atoms with E-state index in [0.717, 1.165) is 31.5 Å². The lowest BCUT2D eigenvalue weighted by Crippen LogP contribution is -2.53. The van der Waals surface area contributed by atoms with Gasteiger partial charge in [-0.1, -0.05) is 0 Å². The van der Waals surface area contributed by atoms with E-state index in [4.69, 9.17) is 4.74 Å². The van der Waals surface area contributed by atoms with Crippen molar-refractivity contribution in [2.45, 2.75) is 65.1 Å². The Balaban J connectivity index is 2.02. The van der Waals surface area contributed by atoms with Gasteiger partial charge in [-0.2, -0.15) is 0 Å². The SMILES string of the molecule is Cc1cc2c(cc1C(=O)N(C(C)C)[C@@H]1CCCNC1)N(CCO)C(=O)C(C)(C)O2. The third-order valence-corrected chi connectivity index (χ3v) is 5.73. The van der Waals surface area contributed by atoms with E-state index >= 15 is 0 Å². The Morgan fingerprint density at radius 3 is 2.72 bits per heavy atom. The standard InChI is InChI=1S/C22H33N3O4/c1-14(2)25(16-7-6-8-23-13-16)20(27)17-12-18-19(11-15(17)3)29-22(4,5)21(28)24(18)9-10-26/h11-12,14,16,23,26H,6-10,13H2,1-5H3/t16-/m1/s1. The van der Waals surface area contributed by atoms with Gasteiger partial charge in [0.25, 0.3) is 11.8 Å². The maximum Gasteiger partial charge on any atom is 0.270 e. The molecule has 1 aromatic rings. The maximum atomic E-state index is 13.6. The number of hydrogen-bond donors (Lipinski definition) is 2. The molecule has 7 heteroatoms. The van der Waals surface area contributed by atoms with Crippen LogP contribution in [0.1, 0.15) is 56.5 Å². The fourth-order valence-corrected chi connectivity index (χ4v) is 4.30. The van der Waals surface area contributed by atoms with Gasteiger partial charge in [0.05, 0.1) is 12.3 Å². The number of carbonyl (C=O) groups excluding carboxylic acids is 2. The summed E-state index contributed by atoms with van der Waals surface area (Å²) in [5.74, 6) is 0.307. The van der Waals surface area contributed by atoms with Crippen molar-refractivity contribution < 1.29 is 19.4 Å². The van der Waals surface area contributed by atoms with Gasteiger partial charge in [-0.25, -0.2) is 0 Å². The Kier molecular flexibility index (Phi) is 6.19.